The van der Waals surface area contributed by atoms with E-state index in [0.29, 0.717) is 35.7 Å². The van der Waals surface area contributed by atoms with Crippen LogP contribution in [0, 0.1) is 0 Å². The first-order chi connectivity index (χ1) is 15.4. The molecule has 1 aliphatic rings. The van der Waals surface area contributed by atoms with Gasteiger partial charge in [0.1, 0.15) is 23.0 Å². The Morgan fingerprint density at radius 1 is 1.19 bits per heavy atom. The Morgan fingerprint density at radius 3 is 2.62 bits per heavy atom. The molecule has 0 aliphatic carbocycles. The third kappa shape index (κ3) is 6.24. The summed E-state index contributed by atoms with van der Waals surface area (Å²) < 4.78 is 16.0. The van der Waals surface area contributed by atoms with Gasteiger partial charge in [-0.15, -0.1) is 0 Å². The summed E-state index contributed by atoms with van der Waals surface area (Å²) >= 11 is 0. The van der Waals surface area contributed by atoms with E-state index < -0.39 is 5.97 Å². The van der Waals surface area contributed by atoms with Crippen molar-refractivity contribution in [3.05, 3.63) is 35.6 Å². The lowest BCUT2D eigenvalue weighted by Crippen LogP contribution is -2.38. The van der Waals surface area contributed by atoms with Crippen LogP contribution in [0.15, 0.2) is 28.7 Å². The first-order valence-corrected chi connectivity index (χ1v) is 10.6. The lowest BCUT2D eigenvalue weighted by atomic mass is 10.0. The molecule has 1 fully saturated rings. The summed E-state index contributed by atoms with van der Waals surface area (Å²) in [6.45, 7) is 6.62. The van der Waals surface area contributed by atoms with Crippen LogP contribution >= 0.6 is 0 Å². The third-order valence-electron chi connectivity index (χ3n) is 5.45. The van der Waals surface area contributed by atoms with Gasteiger partial charge in [0.15, 0.2) is 0 Å². The molecule has 174 valence electrons. The number of ether oxygens (including phenoxy) is 2. The molecule has 1 aliphatic heterocycles. The van der Waals surface area contributed by atoms with E-state index in [2.05, 4.69) is 4.90 Å². The molecule has 0 radical (unpaired) electrons. The topological polar surface area (TPSA) is 113 Å². The number of amides is 1. The number of aromatic hydroxyl groups is 2. The number of carbonyl (C=O) groups excluding carboxylic acids is 2. The first-order valence-electron chi connectivity index (χ1n) is 10.6. The number of hydrogen-bond donors (Lipinski definition) is 2. The van der Waals surface area contributed by atoms with Crippen molar-refractivity contribution >= 4 is 11.9 Å². The van der Waals surface area contributed by atoms with Gasteiger partial charge in [0.2, 0.25) is 5.91 Å². The van der Waals surface area contributed by atoms with E-state index in [0.717, 1.165) is 39.3 Å². The molecule has 0 unspecified atom stereocenters. The van der Waals surface area contributed by atoms with Crippen LogP contribution in [-0.2, 0) is 32.0 Å². The number of carbonyl (C=O) groups is 2. The van der Waals surface area contributed by atoms with Gasteiger partial charge in [-0.3, -0.25) is 14.5 Å². The number of phenols is 2. The maximum absolute atomic E-state index is 12.1. The molecule has 2 aromatic rings. The van der Waals surface area contributed by atoms with Crippen LogP contribution in [0.4, 0.5) is 0 Å². The van der Waals surface area contributed by atoms with E-state index in [1.807, 2.05) is 0 Å². The number of hydrogen-bond acceptors (Lipinski definition) is 8. The second-order valence-corrected chi connectivity index (χ2v) is 7.77. The molecule has 0 spiro atoms. The standard InChI is InChI=1S/C23H30N2O7/c1-16(26)25(7-3-6-24-8-10-31-11-9-24)15-19-4-5-21(32-19)23-17(13-22(29)30-2)12-18(27)14-20(23)28/h4-5,12,14,27-28H,3,6-11,13,15H2,1-2H3. The minimum atomic E-state index is -0.508. The second-order valence-electron chi connectivity index (χ2n) is 7.77. The Balaban J connectivity index is 1.70. The summed E-state index contributed by atoms with van der Waals surface area (Å²) in [5.41, 5.74) is 0.685. The van der Waals surface area contributed by atoms with E-state index in [9.17, 15) is 19.8 Å². The van der Waals surface area contributed by atoms with Crippen molar-refractivity contribution in [3.8, 4) is 22.8 Å². The van der Waals surface area contributed by atoms with Crippen molar-refractivity contribution < 1.29 is 33.7 Å². The average molecular weight is 447 g/mol. The van der Waals surface area contributed by atoms with Crippen molar-refractivity contribution in [2.75, 3.05) is 46.5 Å². The molecular formula is C23H30N2O7. The summed E-state index contributed by atoms with van der Waals surface area (Å²) in [6.07, 6.45) is 0.708. The molecular weight excluding hydrogens is 416 g/mol. The summed E-state index contributed by atoms with van der Waals surface area (Å²) in [5.74, 6) is -0.0418. The fourth-order valence-electron chi connectivity index (χ4n) is 3.76. The van der Waals surface area contributed by atoms with Gasteiger partial charge in [0, 0.05) is 39.2 Å². The van der Waals surface area contributed by atoms with E-state index in [4.69, 9.17) is 13.9 Å². The molecule has 0 saturated carbocycles. The molecule has 0 atom stereocenters. The largest absolute Gasteiger partial charge is 0.508 e. The highest BCUT2D eigenvalue weighted by Gasteiger charge is 2.20. The van der Waals surface area contributed by atoms with Crippen LogP contribution in [0.1, 0.15) is 24.7 Å². The van der Waals surface area contributed by atoms with E-state index in [-0.39, 0.29) is 23.8 Å². The number of benzene rings is 1. The molecule has 9 nitrogen and oxygen atoms in total. The minimum Gasteiger partial charge on any atom is -0.508 e. The highest BCUT2D eigenvalue weighted by molar-refractivity contribution is 5.80. The van der Waals surface area contributed by atoms with Crippen LogP contribution in [0.2, 0.25) is 0 Å². The maximum atomic E-state index is 12.1. The monoisotopic (exact) mass is 446 g/mol. The minimum absolute atomic E-state index is 0.0520. The van der Waals surface area contributed by atoms with Crippen LogP contribution in [0.5, 0.6) is 11.5 Å². The fraction of sp³-hybridized carbons (Fsp3) is 0.478. The number of esters is 1. The second kappa shape index (κ2) is 11.0. The van der Waals surface area contributed by atoms with Gasteiger partial charge < -0.3 is 29.0 Å². The highest BCUT2D eigenvalue weighted by Crippen LogP contribution is 2.37. The number of furan rings is 1. The number of nitrogens with zero attached hydrogens (tertiary/aromatic N) is 2. The van der Waals surface area contributed by atoms with Crippen molar-refractivity contribution in [1.82, 2.24) is 9.80 Å². The van der Waals surface area contributed by atoms with Gasteiger partial charge in [-0.25, -0.2) is 0 Å². The van der Waals surface area contributed by atoms with Crippen LogP contribution < -0.4 is 0 Å². The van der Waals surface area contributed by atoms with E-state index in [1.165, 1.54) is 26.2 Å². The Kier molecular flexibility index (Phi) is 8.13. The van der Waals surface area contributed by atoms with Crippen molar-refractivity contribution in [2.45, 2.75) is 26.3 Å². The maximum Gasteiger partial charge on any atom is 0.310 e. The van der Waals surface area contributed by atoms with Crippen molar-refractivity contribution in [2.24, 2.45) is 0 Å². The summed E-state index contributed by atoms with van der Waals surface area (Å²) in [4.78, 5) is 27.9. The van der Waals surface area contributed by atoms with E-state index >= 15 is 0 Å². The number of rotatable bonds is 9. The van der Waals surface area contributed by atoms with Crippen molar-refractivity contribution in [1.29, 1.82) is 0 Å². The van der Waals surface area contributed by atoms with Crippen molar-refractivity contribution in [3.63, 3.8) is 0 Å². The van der Waals surface area contributed by atoms with Crippen LogP contribution in [0.3, 0.4) is 0 Å². The molecule has 2 N–H and O–H groups in total. The quantitative estimate of drug-likeness (QED) is 0.564. The predicted octanol–water partition coefficient (Wildman–Crippen LogP) is 2.14. The van der Waals surface area contributed by atoms with Gasteiger partial charge in [0.05, 0.1) is 38.9 Å². The molecule has 1 aromatic heterocycles. The normalized spacial score (nSPS) is 14.3. The molecule has 1 saturated heterocycles. The Bertz CT molecular complexity index is 934. The fourth-order valence-corrected chi connectivity index (χ4v) is 3.76. The molecule has 1 aromatic carbocycles. The molecule has 2 heterocycles. The molecule has 0 bridgehead atoms. The Hall–Kier alpha value is -3.04. The number of morpholine rings is 1. The highest BCUT2D eigenvalue weighted by atomic mass is 16.5. The zero-order valence-electron chi connectivity index (χ0n) is 18.5. The van der Waals surface area contributed by atoms with Gasteiger partial charge >= 0.3 is 5.97 Å². The third-order valence-corrected chi connectivity index (χ3v) is 5.45. The summed E-state index contributed by atoms with van der Waals surface area (Å²) in [5, 5.41) is 20.2. The predicted molar refractivity (Wildman–Crippen MR) is 116 cm³/mol. The molecule has 9 heteroatoms. The van der Waals surface area contributed by atoms with Gasteiger partial charge in [0.25, 0.3) is 0 Å². The summed E-state index contributed by atoms with van der Waals surface area (Å²) in [7, 11) is 1.27. The Labute approximate surface area is 187 Å². The van der Waals surface area contributed by atoms with Gasteiger partial charge in [-0.2, -0.15) is 0 Å². The smallest absolute Gasteiger partial charge is 0.310 e. The van der Waals surface area contributed by atoms with Gasteiger partial charge in [-0.1, -0.05) is 0 Å². The lowest BCUT2D eigenvalue weighted by molar-refractivity contribution is -0.139. The summed E-state index contributed by atoms with van der Waals surface area (Å²) in [6, 6.07) is 5.99. The Morgan fingerprint density at radius 2 is 1.94 bits per heavy atom. The van der Waals surface area contributed by atoms with Crippen LogP contribution in [0.25, 0.3) is 11.3 Å². The molecule has 3 rings (SSSR count). The SMILES string of the molecule is COC(=O)Cc1cc(O)cc(O)c1-c1ccc(CN(CCCN2CCOCC2)C(C)=O)o1. The van der Waals surface area contributed by atoms with E-state index in [1.54, 1.807) is 17.0 Å². The number of methoxy groups -OCH3 is 1. The van der Waals surface area contributed by atoms with Crippen LogP contribution in [-0.4, -0.2) is 78.4 Å². The first kappa shape index (κ1) is 23.6. The lowest BCUT2D eigenvalue weighted by Gasteiger charge is -2.27. The average Bonchev–Trinajstić information content (AvgIpc) is 3.21. The zero-order chi connectivity index (χ0) is 23.1. The van der Waals surface area contributed by atoms with Gasteiger partial charge in [-0.05, 0) is 30.2 Å². The molecule has 32 heavy (non-hydrogen) atoms. The number of phenolic OH excluding ortho intramolecular Hbond substituents is 2. The molecule has 1 amide bonds. The zero-order valence-corrected chi connectivity index (χ0v) is 18.5.